The maximum Gasteiger partial charge on any atom is 0.347 e. The molecule has 0 aliphatic heterocycles. The average Bonchev–Trinajstić information content (AvgIpc) is 2.86. The summed E-state index contributed by atoms with van der Waals surface area (Å²) in [5, 5.41) is 10.0. The van der Waals surface area contributed by atoms with Crippen LogP contribution in [0.1, 0.15) is 42.1 Å². The molecule has 106 valence electrons. The molecular weight excluding hydrogens is 272 g/mol. The number of hydrogen-bond donors (Lipinski definition) is 1. The van der Waals surface area contributed by atoms with Gasteiger partial charge in [-0.1, -0.05) is 43.4 Å². The van der Waals surface area contributed by atoms with E-state index < -0.39 is 5.97 Å². The highest BCUT2D eigenvalue weighted by molar-refractivity contribution is 7.17. The van der Waals surface area contributed by atoms with Crippen LogP contribution in [0.3, 0.4) is 0 Å². The summed E-state index contributed by atoms with van der Waals surface area (Å²) in [6.07, 6.45) is 0. The fourth-order valence-electron chi connectivity index (χ4n) is 2.02. The molecule has 5 heteroatoms. The van der Waals surface area contributed by atoms with Gasteiger partial charge in [-0.3, -0.25) is 0 Å². The number of hydrogen-bond acceptors (Lipinski definition) is 4. The van der Waals surface area contributed by atoms with E-state index >= 15 is 0 Å². The summed E-state index contributed by atoms with van der Waals surface area (Å²) in [7, 11) is 0. The minimum absolute atomic E-state index is 0.0978. The molecular formula is C15H18N2O2S. The lowest BCUT2D eigenvalue weighted by Gasteiger charge is -2.19. The van der Waals surface area contributed by atoms with Gasteiger partial charge >= 0.3 is 5.97 Å². The summed E-state index contributed by atoms with van der Waals surface area (Å²) in [6.45, 7) is 6.70. The Morgan fingerprint density at radius 3 is 2.45 bits per heavy atom. The topological polar surface area (TPSA) is 53.4 Å². The number of thiazole rings is 1. The number of nitrogens with zero attached hydrogens (tertiary/aromatic N) is 2. The van der Waals surface area contributed by atoms with Gasteiger partial charge in [0.1, 0.15) is 4.88 Å². The Hall–Kier alpha value is -1.88. The predicted octanol–water partition coefficient (Wildman–Crippen LogP) is 4.12. The Morgan fingerprint density at radius 2 is 2.00 bits per heavy atom. The first-order valence-electron chi connectivity index (χ1n) is 6.61. The zero-order valence-corrected chi connectivity index (χ0v) is 12.6. The fraction of sp³-hybridized carbons (Fsp3) is 0.333. The molecule has 2 rings (SSSR count). The van der Waals surface area contributed by atoms with Crippen LogP contribution in [0, 0.1) is 0 Å². The first-order chi connectivity index (χ1) is 9.54. The predicted molar refractivity (Wildman–Crippen MR) is 82.3 cm³/mol. The molecule has 1 N–H and O–H groups in total. The van der Waals surface area contributed by atoms with E-state index in [9.17, 15) is 9.90 Å². The average molecular weight is 290 g/mol. The fourth-order valence-corrected chi connectivity index (χ4v) is 3.16. The second-order valence-electron chi connectivity index (χ2n) is 4.75. The van der Waals surface area contributed by atoms with Crippen molar-refractivity contribution in [2.75, 3.05) is 11.4 Å². The van der Waals surface area contributed by atoms with Gasteiger partial charge in [-0.25, -0.2) is 9.78 Å². The molecule has 1 aromatic carbocycles. The van der Waals surface area contributed by atoms with Gasteiger partial charge in [0.25, 0.3) is 0 Å². The van der Waals surface area contributed by atoms with Crippen molar-refractivity contribution < 1.29 is 9.90 Å². The highest BCUT2D eigenvalue weighted by atomic mass is 32.1. The highest BCUT2D eigenvalue weighted by Crippen LogP contribution is 2.34. The lowest BCUT2D eigenvalue weighted by Crippen LogP contribution is -2.15. The van der Waals surface area contributed by atoms with Crippen LogP contribution in [0.5, 0.6) is 0 Å². The number of carboxylic acid groups (broad SMARTS) is 1. The number of para-hydroxylation sites is 1. The first-order valence-corrected chi connectivity index (χ1v) is 7.42. The van der Waals surface area contributed by atoms with Crippen LogP contribution < -0.4 is 4.90 Å². The normalized spacial score (nSPS) is 10.8. The largest absolute Gasteiger partial charge is 0.477 e. The van der Waals surface area contributed by atoms with Crippen molar-refractivity contribution in [1.29, 1.82) is 0 Å². The molecule has 0 unspecified atom stereocenters. The van der Waals surface area contributed by atoms with Crippen molar-refractivity contribution in [3.63, 3.8) is 0 Å². The number of aromatic nitrogens is 1. The number of carbonyl (C=O) groups is 1. The molecule has 0 aliphatic carbocycles. The molecule has 0 saturated carbocycles. The minimum Gasteiger partial charge on any atom is -0.477 e. The number of benzene rings is 1. The number of anilines is 2. The van der Waals surface area contributed by atoms with E-state index in [1.165, 1.54) is 11.3 Å². The molecule has 20 heavy (non-hydrogen) atoms. The van der Waals surface area contributed by atoms with Gasteiger partial charge in [0.15, 0.2) is 5.13 Å². The van der Waals surface area contributed by atoms with Gasteiger partial charge in [0.05, 0.1) is 5.69 Å². The van der Waals surface area contributed by atoms with Crippen LogP contribution in [0.4, 0.5) is 10.8 Å². The van der Waals surface area contributed by atoms with Gasteiger partial charge < -0.3 is 10.0 Å². The molecule has 1 aromatic heterocycles. The molecule has 0 bridgehead atoms. The van der Waals surface area contributed by atoms with Crippen LogP contribution in [-0.2, 0) is 0 Å². The highest BCUT2D eigenvalue weighted by Gasteiger charge is 2.22. The SMILES string of the molecule is CCN(c1ccccc1)c1nc(C(C)C)c(C(=O)O)s1. The molecule has 0 radical (unpaired) electrons. The van der Waals surface area contributed by atoms with Gasteiger partial charge in [-0.2, -0.15) is 0 Å². The van der Waals surface area contributed by atoms with Crippen LogP contribution >= 0.6 is 11.3 Å². The molecule has 0 spiro atoms. The minimum atomic E-state index is -0.901. The first kappa shape index (κ1) is 14.5. The molecule has 4 nitrogen and oxygen atoms in total. The van der Waals surface area contributed by atoms with E-state index in [-0.39, 0.29) is 5.92 Å². The molecule has 0 atom stereocenters. The third-order valence-electron chi connectivity index (χ3n) is 3.00. The van der Waals surface area contributed by atoms with Crippen LogP contribution in [0.15, 0.2) is 30.3 Å². The van der Waals surface area contributed by atoms with E-state index in [4.69, 9.17) is 0 Å². The van der Waals surface area contributed by atoms with Crippen molar-refractivity contribution in [2.45, 2.75) is 26.7 Å². The third kappa shape index (κ3) is 2.82. The van der Waals surface area contributed by atoms with Gasteiger partial charge in [-0.05, 0) is 25.0 Å². The summed E-state index contributed by atoms with van der Waals surface area (Å²) in [4.78, 5) is 18.2. The Balaban J connectivity index is 2.46. The van der Waals surface area contributed by atoms with Gasteiger partial charge in [-0.15, -0.1) is 0 Å². The quantitative estimate of drug-likeness (QED) is 0.900. The maximum atomic E-state index is 11.3. The van der Waals surface area contributed by atoms with Crippen molar-refractivity contribution in [3.05, 3.63) is 40.9 Å². The summed E-state index contributed by atoms with van der Waals surface area (Å²) < 4.78 is 0. The maximum absolute atomic E-state index is 11.3. The number of rotatable bonds is 5. The van der Waals surface area contributed by atoms with E-state index in [0.29, 0.717) is 10.6 Å². The Labute approximate surface area is 122 Å². The van der Waals surface area contributed by atoms with E-state index in [2.05, 4.69) is 4.98 Å². The van der Waals surface area contributed by atoms with E-state index in [0.717, 1.165) is 17.4 Å². The molecule has 0 fully saturated rings. The third-order valence-corrected chi connectivity index (χ3v) is 4.08. The van der Waals surface area contributed by atoms with Crippen LogP contribution in [-0.4, -0.2) is 22.6 Å². The Bertz CT molecular complexity index is 593. The number of carboxylic acids is 1. The van der Waals surface area contributed by atoms with Crippen molar-refractivity contribution in [2.24, 2.45) is 0 Å². The van der Waals surface area contributed by atoms with Crippen molar-refractivity contribution >= 4 is 28.1 Å². The smallest absolute Gasteiger partial charge is 0.347 e. The Kier molecular flexibility index (Phi) is 4.39. The monoisotopic (exact) mass is 290 g/mol. The summed E-state index contributed by atoms with van der Waals surface area (Å²) in [6, 6.07) is 9.89. The molecule has 2 aromatic rings. The molecule has 0 amide bonds. The zero-order valence-electron chi connectivity index (χ0n) is 11.8. The zero-order chi connectivity index (χ0) is 14.7. The van der Waals surface area contributed by atoms with Crippen LogP contribution in [0.2, 0.25) is 0 Å². The van der Waals surface area contributed by atoms with Crippen molar-refractivity contribution in [3.8, 4) is 0 Å². The van der Waals surface area contributed by atoms with E-state index in [1.54, 1.807) is 0 Å². The van der Waals surface area contributed by atoms with Gasteiger partial charge in [0, 0.05) is 12.2 Å². The van der Waals surface area contributed by atoms with Crippen LogP contribution in [0.25, 0.3) is 0 Å². The second kappa shape index (κ2) is 6.05. The summed E-state index contributed by atoms with van der Waals surface area (Å²) in [5.74, 6) is -0.804. The standard InChI is InChI=1S/C15H18N2O2S/c1-4-17(11-8-6-5-7-9-11)15-16-12(10(2)3)13(20-15)14(18)19/h5-10H,4H2,1-3H3,(H,18,19). The molecule has 1 heterocycles. The summed E-state index contributed by atoms with van der Waals surface area (Å²) in [5.41, 5.74) is 1.68. The van der Waals surface area contributed by atoms with E-state index in [1.807, 2.05) is 56.0 Å². The lowest BCUT2D eigenvalue weighted by molar-refractivity contribution is 0.0700. The van der Waals surface area contributed by atoms with Gasteiger partial charge in [0.2, 0.25) is 0 Å². The Morgan fingerprint density at radius 1 is 1.35 bits per heavy atom. The lowest BCUT2D eigenvalue weighted by atomic mass is 10.1. The number of aromatic carboxylic acids is 1. The second-order valence-corrected chi connectivity index (χ2v) is 5.73. The summed E-state index contributed by atoms with van der Waals surface area (Å²) >= 11 is 1.24. The van der Waals surface area contributed by atoms with Crippen molar-refractivity contribution in [1.82, 2.24) is 4.98 Å². The molecule has 0 aliphatic rings. The molecule has 0 saturated heterocycles.